The average molecular weight is 359 g/mol. The molecule has 2 N–H and O–H groups in total. The first-order chi connectivity index (χ1) is 13.0. The summed E-state index contributed by atoms with van der Waals surface area (Å²) < 4.78 is 0. The molecule has 0 spiro atoms. The number of benzene rings is 2. The Hall–Kier alpha value is -3.47. The van der Waals surface area contributed by atoms with Crippen LogP contribution in [0.4, 0.5) is 11.4 Å². The molecule has 0 atom stereocenters. The van der Waals surface area contributed by atoms with Crippen LogP contribution in [-0.4, -0.2) is 16.7 Å². The van der Waals surface area contributed by atoms with Gasteiger partial charge in [0, 0.05) is 17.8 Å². The third-order valence-corrected chi connectivity index (χ3v) is 4.15. The SMILES string of the molecule is CC(=O)c1ccc(Nc2ccc(C(=O)NCc3ccc(C)cc3)nc2)cc1. The highest BCUT2D eigenvalue weighted by atomic mass is 16.1. The number of aromatic nitrogens is 1. The Kier molecular flexibility index (Phi) is 5.61. The van der Waals surface area contributed by atoms with E-state index in [2.05, 4.69) is 15.6 Å². The standard InChI is InChI=1S/C22H21N3O2/c1-15-3-5-17(6-4-15)13-24-22(27)21-12-11-20(14-23-21)25-19-9-7-18(8-10-19)16(2)26/h3-12,14,25H,13H2,1-2H3,(H,24,27). The smallest absolute Gasteiger partial charge is 0.270 e. The summed E-state index contributed by atoms with van der Waals surface area (Å²) in [4.78, 5) is 27.8. The number of hydrogen-bond acceptors (Lipinski definition) is 4. The van der Waals surface area contributed by atoms with Crippen LogP contribution < -0.4 is 10.6 Å². The first-order valence-corrected chi connectivity index (χ1v) is 8.69. The topological polar surface area (TPSA) is 71.1 Å². The van der Waals surface area contributed by atoms with Crippen molar-refractivity contribution in [2.24, 2.45) is 0 Å². The van der Waals surface area contributed by atoms with E-state index in [1.54, 1.807) is 30.5 Å². The number of nitrogens with one attached hydrogen (secondary N) is 2. The van der Waals surface area contributed by atoms with Gasteiger partial charge in [0.25, 0.3) is 5.91 Å². The van der Waals surface area contributed by atoms with Crippen LogP contribution in [-0.2, 0) is 6.54 Å². The van der Waals surface area contributed by atoms with Gasteiger partial charge in [-0.2, -0.15) is 0 Å². The lowest BCUT2D eigenvalue weighted by Crippen LogP contribution is -2.23. The van der Waals surface area contributed by atoms with Gasteiger partial charge < -0.3 is 10.6 Å². The second-order valence-electron chi connectivity index (χ2n) is 6.36. The molecule has 5 nitrogen and oxygen atoms in total. The van der Waals surface area contributed by atoms with Gasteiger partial charge in [-0.05, 0) is 55.8 Å². The third kappa shape index (κ3) is 5.01. The van der Waals surface area contributed by atoms with Gasteiger partial charge in [-0.3, -0.25) is 9.59 Å². The Balaban J connectivity index is 1.58. The molecule has 1 aromatic heterocycles. The molecule has 3 rings (SSSR count). The molecular formula is C22H21N3O2. The number of nitrogens with zero attached hydrogens (tertiary/aromatic N) is 1. The molecular weight excluding hydrogens is 338 g/mol. The van der Waals surface area contributed by atoms with Gasteiger partial charge in [0.15, 0.2) is 5.78 Å². The minimum absolute atomic E-state index is 0.0317. The molecule has 136 valence electrons. The Morgan fingerprint density at radius 1 is 0.889 bits per heavy atom. The summed E-state index contributed by atoms with van der Waals surface area (Å²) in [6.45, 7) is 4.03. The fourth-order valence-corrected chi connectivity index (χ4v) is 2.54. The van der Waals surface area contributed by atoms with Crippen molar-refractivity contribution in [3.8, 4) is 0 Å². The molecule has 0 saturated carbocycles. The number of Topliss-reactive ketones (excluding diaryl/α,β-unsaturated/α-hetero) is 1. The highest BCUT2D eigenvalue weighted by Gasteiger charge is 2.07. The summed E-state index contributed by atoms with van der Waals surface area (Å²) >= 11 is 0. The van der Waals surface area contributed by atoms with E-state index in [0.717, 1.165) is 16.9 Å². The number of amides is 1. The maximum atomic E-state index is 12.2. The number of hydrogen-bond donors (Lipinski definition) is 2. The zero-order chi connectivity index (χ0) is 19.2. The average Bonchev–Trinajstić information content (AvgIpc) is 2.68. The highest BCUT2D eigenvalue weighted by Crippen LogP contribution is 2.17. The van der Waals surface area contributed by atoms with Crippen molar-refractivity contribution in [1.82, 2.24) is 10.3 Å². The number of aryl methyl sites for hydroxylation is 1. The number of rotatable bonds is 6. The molecule has 0 saturated heterocycles. The molecule has 0 radical (unpaired) electrons. The number of carbonyl (C=O) groups excluding carboxylic acids is 2. The predicted molar refractivity (Wildman–Crippen MR) is 106 cm³/mol. The largest absolute Gasteiger partial charge is 0.354 e. The van der Waals surface area contributed by atoms with E-state index in [4.69, 9.17) is 0 Å². The van der Waals surface area contributed by atoms with Crippen molar-refractivity contribution < 1.29 is 9.59 Å². The van der Waals surface area contributed by atoms with Crippen LogP contribution in [0.2, 0.25) is 0 Å². The van der Waals surface area contributed by atoms with Crippen LogP contribution in [0, 0.1) is 6.92 Å². The van der Waals surface area contributed by atoms with E-state index in [9.17, 15) is 9.59 Å². The van der Waals surface area contributed by atoms with Crippen LogP contribution in [0.3, 0.4) is 0 Å². The molecule has 5 heteroatoms. The zero-order valence-corrected chi connectivity index (χ0v) is 15.3. The maximum Gasteiger partial charge on any atom is 0.270 e. The molecule has 0 bridgehead atoms. The second kappa shape index (κ2) is 8.27. The van der Waals surface area contributed by atoms with Crippen LogP contribution >= 0.6 is 0 Å². The molecule has 3 aromatic rings. The highest BCUT2D eigenvalue weighted by molar-refractivity contribution is 5.94. The zero-order valence-electron chi connectivity index (χ0n) is 15.3. The fraction of sp³-hybridized carbons (Fsp3) is 0.136. The number of ketones is 1. The van der Waals surface area contributed by atoms with E-state index in [0.29, 0.717) is 17.8 Å². The summed E-state index contributed by atoms with van der Waals surface area (Å²) in [6.07, 6.45) is 1.61. The Bertz CT molecular complexity index is 931. The second-order valence-corrected chi connectivity index (χ2v) is 6.36. The molecule has 0 fully saturated rings. The minimum Gasteiger partial charge on any atom is -0.354 e. The van der Waals surface area contributed by atoms with Crippen molar-refractivity contribution in [1.29, 1.82) is 0 Å². The quantitative estimate of drug-likeness (QED) is 0.645. The van der Waals surface area contributed by atoms with Crippen molar-refractivity contribution in [3.05, 3.63) is 89.2 Å². The van der Waals surface area contributed by atoms with Gasteiger partial charge in [-0.1, -0.05) is 29.8 Å². The van der Waals surface area contributed by atoms with Gasteiger partial charge in [-0.15, -0.1) is 0 Å². The van der Waals surface area contributed by atoms with E-state index in [-0.39, 0.29) is 11.7 Å². The van der Waals surface area contributed by atoms with Crippen molar-refractivity contribution >= 4 is 23.1 Å². The van der Waals surface area contributed by atoms with Crippen molar-refractivity contribution in [2.45, 2.75) is 20.4 Å². The molecule has 1 heterocycles. The maximum absolute atomic E-state index is 12.2. The molecule has 0 aliphatic carbocycles. The van der Waals surface area contributed by atoms with E-state index >= 15 is 0 Å². The molecule has 27 heavy (non-hydrogen) atoms. The van der Waals surface area contributed by atoms with Crippen LogP contribution in [0.15, 0.2) is 66.9 Å². The molecule has 0 unspecified atom stereocenters. The summed E-state index contributed by atoms with van der Waals surface area (Å²) in [7, 11) is 0. The van der Waals surface area contributed by atoms with Gasteiger partial charge in [0.2, 0.25) is 0 Å². The van der Waals surface area contributed by atoms with Crippen molar-refractivity contribution in [2.75, 3.05) is 5.32 Å². The van der Waals surface area contributed by atoms with Crippen LogP contribution in [0.5, 0.6) is 0 Å². The molecule has 0 aliphatic rings. The Morgan fingerprint density at radius 2 is 1.56 bits per heavy atom. The van der Waals surface area contributed by atoms with Gasteiger partial charge in [0.05, 0.1) is 11.9 Å². The lowest BCUT2D eigenvalue weighted by Gasteiger charge is -2.08. The van der Waals surface area contributed by atoms with Gasteiger partial charge >= 0.3 is 0 Å². The van der Waals surface area contributed by atoms with E-state index in [1.807, 2.05) is 43.3 Å². The Labute approximate surface area is 158 Å². The lowest BCUT2D eigenvalue weighted by molar-refractivity contribution is 0.0945. The Morgan fingerprint density at radius 3 is 2.15 bits per heavy atom. The fourth-order valence-electron chi connectivity index (χ4n) is 2.54. The summed E-state index contributed by atoms with van der Waals surface area (Å²) in [5.41, 5.74) is 4.87. The first-order valence-electron chi connectivity index (χ1n) is 8.69. The summed E-state index contributed by atoms with van der Waals surface area (Å²) in [6, 6.07) is 18.7. The normalized spacial score (nSPS) is 10.3. The van der Waals surface area contributed by atoms with Gasteiger partial charge in [-0.25, -0.2) is 4.98 Å². The van der Waals surface area contributed by atoms with Crippen LogP contribution in [0.25, 0.3) is 0 Å². The third-order valence-electron chi connectivity index (χ3n) is 4.15. The molecule has 1 amide bonds. The van der Waals surface area contributed by atoms with Crippen molar-refractivity contribution in [3.63, 3.8) is 0 Å². The number of anilines is 2. The molecule has 0 aliphatic heterocycles. The van der Waals surface area contributed by atoms with Gasteiger partial charge in [0.1, 0.15) is 5.69 Å². The lowest BCUT2D eigenvalue weighted by atomic mass is 10.1. The van der Waals surface area contributed by atoms with Crippen LogP contribution in [0.1, 0.15) is 38.9 Å². The monoisotopic (exact) mass is 359 g/mol. The molecule has 2 aromatic carbocycles. The number of pyridine rings is 1. The predicted octanol–water partition coefficient (Wildman–Crippen LogP) is 4.27. The summed E-state index contributed by atoms with van der Waals surface area (Å²) in [5, 5.41) is 6.06. The van der Waals surface area contributed by atoms with E-state index < -0.39 is 0 Å². The minimum atomic E-state index is -0.215. The van der Waals surface area contributed by atoms with E-state index in [1.165, 1.54) is 12.5 Å². The first kappa shape index (κ1) is 18.3. The number of carbonyl (C=O) groups is 2. The summed E-state index contributed by atoms with van der Waals surface area (Å²) in [5.74, 6) is -0.183.